The van der Waals surface area contributed by atoms with E-state index in [2.05, 4.69) is 28.1 Å². The van der Waals surface area contributed by atoms with Crippen molar-refractivity contribution in [1.29, 1.82) is 0 Å². The molecule has 1 fully saturated rings. The topological polar surface area (TPSA) is 44.8 Å². The van der Waals surface area contributed by atoms with Crippen LogP contribution in [0.1, 0.15) is 0 Å². The predicted molar refractivity (Wildman–Crippen MR) is 17.2 cm³/mol. The summed E-state index contributed by atoms with van der Waals surface area (Å²) in [5.74, 6) is 0. The van der Waals surface area contributed by atoms with Crippen LogP contribution in [0, 0.1) is 0 Å². The summed E-state index contributed by atoms with van der Waals surface area (Å²) in [6, 6.07) is 0. The molecule has 1 heterocycles. The quantitative estimate of drug-likeness (QED) is 0.352. The second-order valence-electron chi connectivity index (χ2n) is 0.612. The maximum atomic E-state index is 10.0. The van der Waals surface area contributed by atoms with E-state index in [1.54, 1.807) is 0 Å². The van der Waals surface area contributed by atoms with Crippen molar-refractivity contribution in [1.82, 2.24) is 0 Å². The summed E-state index contributed by atoms with van der Waals surface area (Å²) in [7, 11) is -2.58. The van der Waals surface area contributed by atoms with E-state index in [0.29, 0.717) is 0 Å². The minimum absolute atomic E-state index is 2.11. The third kappa shape index (κ3) is 0.784. The Morgan fingerprint density at radius 2 is 1.83 bits per heavy atom. The summed E-state index contributed by atoms with van der Waals surface area (Å²) in [5.41, 5.74) is 0. The summed E-state index contributed by atoms with van der Waals surface area (Å²) >= 11 is 2.11. The monoisotopic (exact) mass is 176 g/mol. The van der Waals surface area contributed by atoms with E-state index in [0.717, 1.165) is 0 Å². The summed E-state index contributed by atoms with van der Waals surface area (Å²) in [4.78, 5) is 0. The number of hydrogen-bond acceptors (Lipinski definition) is 4. The Bertz CT molecular complexity index is 122. The van der Waals surface area contributed by atoms with E-state index in [1.807, 2.05) is 0 Å². The molecule has 0 atom stereocenters. The minimum atomic E-state index is -2.58. The third-order valence-corrected chi connectivity index (χ3v) is 1.37. The molecule has 0 amide bonds. The molecular weight excluding hydrogens is 175 g/mol. The van der Waals surface area contributed by atoms with E-state index >= 15 is 0 Å². The second-order valence-corrected chi connectivity index (χ2v) is 4.27. The van der Waals surface area contributed by atoms with Gasteiger partial charge in [0.05, 0.1) is 0 Å². The Kier molecular flexibility index (Phi) is 0.987. The zero-order chi connectivity index (χ0) is 4.62. The van der Waals surface area contributed by atoms with Crippen molar-refractivity contribution in [3.8, 4) is 0 Å². The Hall–Kier alpha value is 0.549. The van der Waals surface area contributed by atoms with Crippen molar-refractivity contribution in [2.45, 2.75) is 0 Å². The Morgan fingerprint density at radius 3 is 1.83 bits per heavy atom. The van der Waals surface area contributed by atoms with E-state index < -0.39 is 8.42 Å². The number of hydrogen-bond donors (Lipinski definition) is 0. The second kappa shape index (κ2) is 1.26. The first-order chi connectivity index (χ1) is 2.71. The van der Waals surface area contributed by atoms with Crippen LogP contribution in [0.5, 0.6) is 0 Å². The molecule has 0 aromatic rings. The number of rotatable bonds is 0. The van der Waals surface area contributed by atoms with Gasteiger partial charge in [-0.2, -0.15) is 0 Å². The van der Waals surface area contributed by atoms with Crippen molar-refractivity contribution in [3.63, 3.8) is 0 Å². The van der Waals surface area contributed by atoms with Crippen LogP contribution < -0.4 is 0 Å². The molecule has 6 heteroatoms. The first kappa shape index (κ1) is 4.70. The van der Waals surface area contributed by atoms with Gasteiger partial charge < -0.3 is 0 Å². The van der Waals surface area contributed by atoms with Gasteiger partial charge in [-0.1, -0.05) is 0 Å². The van der Waals surface area contributed by atoms with Gasteiger partial charge in [-0.3, -0.25) is 0 Å². The fourth-order valence-electron chi connectivity index (χ4n) is 0.0731. The zero-order valence-electron chi connectivity index (χ0n) is 2.45. The molecule has 0 aromatic carbocycles. The molecule has 1 rings (SSSR count). The SMILES string of the molecule is O=S1(=[Se])OOO1. The Labute approximate surface area is 41.3 Å². The van der Waals surface area contributed by atoms with E-state index in [-0.39, 0.29) is 0 Å². The van der Waals surface area contributed by atoms with Gasteiger partial charge >= 0.3 is 40.7 Å². The fourth-order valence-corrected chi connectivity index (χ4v) is 0.505. The molecule has 1 aliphatic rings. The van der Waals surface area contributed by atoms with E-state index in [1.165, 1.54) is 0 Å². The summed E-state index contributed by atoms with van der Waals surface area (Å²) in [6.07, 6.45) is 0. The third-order valence-electron chi connectivity index (χ3n) is 0.222. The van der Waals surface area contributed by atoms with Crippen LogP contribution in [-0.4, -0.2) is 18.6 Å². The van der Waals surface area contributed by atoms with Crippen LogP contribution in [-0.2, 0) is 22.1 Å². The molecule has 4 nitrogen and oxygen atoms in total. The van der Waals surface area contributed by atoms with E-state index in [4.69, 9.17) is 0 Å². The first-order valence-electron chi connectivity index (χ1n) is 1.00. The molecule has 0 aliphatic carbocycles. The summed E-state index contributed by atoms with van der Waals surface area (Å²) in [6.45, 7) is 0. The van der Waals surface area contributed by atoms with Crippen molar-refractivity contribution < 1.29 is 17.9 Å². The van der Waals surface area contributed by atoms with Gasteiger partial charge in [-0.15, -0.1) is 0 Å². The van der Waals surface area contributed by atoms with Crippen molar-refractivity contribution in [3.05, 3.63) is 0 Å². The van der Waals surface area contributed by atoms with E-state index in [9.17, 15) is 4.21 Å². The molecule has 0 aromatic heterocycles. The molecule has 0 unspecified atom stereocenters. The van der Waals surface area contributed by atoms with Gasteiger partial charge in [0.2, 0.25) is 0 Å². The van der Waals surface area contributed by atoms with Crippen LogP contribution in [0.3, 0.4) is 0 Å². The normalized spacial score (nSPS) is 28.7. The van der Waals surface area contributed by atoms with Crippen LogP contribution in [0.25, 0.3) is 0 Å². The molecule has 6 heavy (non-hydrogen) atoms. The molecule has 0 spiro atoms. The fraction of sp³-hybridized carbons (Fsp3) is 0. The Morgan fingerprint density at radius 1 is 1.50 bits per heavy atom. The molecule has 0 N–H and O–H groups in total. The van der Waals surface area contributed by atoms with Crippen LogP contribution in [0.2, 0.25) is 0 Å². The molecular formula is O4SSe. The van der Waals surface area contributed by atoms with Gasteiger partial charge in [-0.25, -0.2) is 0 Å². The van der Waals surface area contributed by atoms with Crippen LogP contribution in [0.15, 0.2) is 0 Å². The zero-order valence-corrected chi connectivity index (χ0v) is 4.98. The van der Waals surface area contributed by atoms with Crippen LogP contribution in [0.4, 0.5) is 0 Å². The standard InChI is InChI=1S/O4SSe/c1-5(6)3-2-4-5. The summed E-state index contributed by atoms with van der Waals surface area (Å²) in [5, 5.41) is 3.63. The first-order valence-corrected chi connectivity index (χ1v) is 4.43. The Balaban J connectivity index is 2.78. The molecule has 0 radical (unpaired) electrons. The van der Waals surface area contributed by atoms with Gasteiger partial charge in [0.25, 0.3) is 0 Å². The average Bonchev–Trinajstić information content (AvgIpc) is 1.32. The molecule has 36 valence electrons. The van der Waals surface area contributed by atoms with Gasteiger partial charge in [0.1, 0.15) is 0 Å². The molecule has 1 saturated heterocycles. The maximum absolute atomic E-state index is 10.0. The average molecular weight is 175 g/mol. The predicted octanol–water partition coefficient (Wildman–Crippen LogP) is -0.922. The van der Waals surface area contributed by atoms with Gasteiger partial charge in [0.15, 0.2) is 0 Å². The molecule has 0 saturated carbocycles. The summed E-state index contributed by atoms with van der Waals surface area (Å²) < 4.78 is 17.8. The molecule has 0 bridgehead atoms. The van der Waals surface area contributed by atoms with Gasteiger partial charge in [-0.05, 0) is 0 Å². The van der Waals surface area contributed by atoms with Crippen molar-refractivity contribution in [2.75, 3.05) is 0 Å². The molecule has 1 aliphatic heterocycles. The van der Waals surface area contributed by atoms with Crippen molar-refractivity contribution in [2.24, 2.45) is 0 Å². The van der Waals surface area contributed by atoms with Crippen molar-refractivity contribution >= 4 is 22.8 Å². The van der Waals surface area contributed by atoms with Crippen LogP contribution >= 0.6 is 0 Å². The van der Waals surface area contributed by atoms with Gasteiger partial charge in [0, 0.05) is 0 Å².